The van der Waals surface area contributed by atoms with Crippen molar-refractivity contribution in [3.05, 3.63) is 10.6 Å². The maximum atomic E-state index is 5.08. The van der Waals surface area contributed by atoms with Gasteiger partial charge in [0.25, 0.3) is 0 Å². The Labute approximate surface area is 70.2 Å². The molecule has 1 rings (SSSR count). The second-order valence-electron chi connectivity index (χ2n) is 2.32. The second-order valence-corrected chi connectivity index (χ2v) is 2.71. The van der Waals surface area contributed by atoms with Gasteiger partial charge in [0.1, 0.15) is 6.10 Å². The fourth-order valence-electron chi connectivity index (χ4n) is 0.828. The van der Waals surface area contributed by atoms with E-state index in [1.165, 1.54) is 0 Å². The summed E-state index contributed by atoms with van der Waals surface area (Å²) in [5, 5.41) is 6.69. The molecule has 0 spiro atoms. The molecule has 0 saturated heterocycles. The van der Waals surface area contributed by atoms with Crippen molar-refractivity contribution in [2.24, 2.45) is 7.05 Å². The molecular formula is C6H11N3OS. The Morgan fingerprint density at radius 2 is 2.36 bits per heavy atom. The van der Waals surface area contributed by atoms with E-state index in [2.05, 4.69) is 10.2 Å². The van der Waals surface area contributed by atoms with Crippen LogP contribution in [0.4, 0.5) is 0 Å². The van der Waals surface area contributed by atoms with Crippen LogP contribution in [0.2, 0.25) is 0 Å². The van der Waals surface area contributed by atoms with Gasteiger partial charge in [-0.3, -0.25) is 5.10 Å². The Morgan fingerprint density at radius 1 is 1.73 bits per heavy atom. The van der Waals surface area contributed by atoms with E-state index in [0.29, 0.717) is 4.77 Å². The maximum absolute atomic E-state index is 5.08. The van der Waals surface area contributed by atoms with Gasteiger partial charge in [-0.15, -0.1) is 0 Å². The molecule has 0 fully saturated rings. The number of ether oxygens (including phenoxy) is 1. The van der Waals surface area contributed by atoms with Crippen molar-refractivity contribution in [2.75, 3.05) is 7.11 Å². The topological polar surface area (TPSA) is 42.8 Å². The lowest BCUT2D eigenvalue weighted by molar-refractivity contribution is 0.109. The van der Waals surface area contributed by atoms with E-state index in [0.717, 1.165) is 5.82 Å². The molecule has 0 aliphatic rings. The number of aromatic amines is 1. The Kier molecular flexibility index (Phi) is 2.41. The quantitative estimate of drug-likeness (QED) is 0.683. The normalized spacial score (nSPS) is 13.4. The molecule has 5 heteroatoms. The monoisotopic (exact) mass is 173 g/mol. The van der Waals surface area contributed by atoms with E-state index in [-0.39, 0.29) is 6.10 Å². The van der Waals surface area contributed by atoms with Crippen molar-refractivity contribution in [3.63, 3.8) is 0 Å². The number of methoxy groups -OCH3 is 1. The summed E-state index contributed by atoms with van der Waals surface area (Å²) in [7, 11) is 3.50. The summed E-state index contributed by atoms with van der Waals surface area (Å²) in [6, 6.07) is 0. The van der Waals surface area contributed by atoms with Crippen LogP contribution in [0, 0.1) is 4.77 Å². The molecule has 1 aromatic heterocycles. The van der Waals surface area contributed by atoms with Gasteiger partial charge < -0.3 is 9.30 Å². The molecule has 0 aromatic carbocycles. The van der Waals surface area contributed by atoms with E-state index >= 15 is 0 Å². The lowest BCUT2D eigenvalue weighted by Crippen LogP contribution is -2.04. The van der Waals surface area contributed by atoms with E-state index in [4.69, 9.17) is 17.0 Å². The summed E-state index contributed by atoms with van der Waals surface area (Å²) in [4.78, 5) is 0. The zero-order chi connectivity index (χ0) is 8.43. The van der Waals surface area contributed by atoms with Crippen LogP contribution < -0.4 is 0 Å². The molecule has 11 heavy (non-hydrogen) atoms. The largest absolute Gasteiger partial charge is 0.374 e. The maximum Gasteiger partial charge on any atom is 0.194 e. The highest BCUT2D eigenvalue weighted by molar-refractivity contribution is 7.71. The predicted molar refractivity (Wildman–Crippen MR) is 43.8 cm³/mol. The first kappa shape index (κ1) is 8.42. The third kappa shape index (κ3) is 1.49. The van der Waals surface area contributed by atoms with Crippen LogP contribution in [0.3, 0.4) is 0 Å². The minimum Gasteiger partial charge on any atom is -0.374 e. The van der Waals surface area contributed by atoms with Gasteiger partial charge in [0.05, 0.1) is 0 Å². The molecule has 1 unspecified atom stereocenters. The Bertz CT molecular complexity index is 290. The van der Waals surface area contributed by atoms with Gasteiger partial charge in [-0.05, 0) is 19.1 Å². The van der Waals surface area contributed by atoms with Crippen LogP contribution in [0.25, 0.3) is 0 Å². The van der Waals surface area contributed by atoms with Crippen molar-refractivity contribution < 1.29 is 4.74 Å². The number of nitrogens with zero attached hydrogens (tertiary/aromatic N) is 2. The molecule has 62 valence electrons. The summed E-state index contributed by atoms with van der Waals surface area (Å²) in [6.45, 7) is 1.92. The van der Waals surface area contributed by atoms with Gasteiger partial charge in [0.15, 0.2) is 10.6 Å². The van der Waals surface area contributed by atoms with Gasteiger partial charge in [0, 0.05) is 14.2 Å². The van der Waals surface area contributed by atoms with Gasteiger partial charge in [-0.25, -0.2) is 0 Å². The van der Waals surface area contributed by atoms with Crippen molar-refractivity contribution in [1.29, 1.82) is 0 Å². The lowest BCUT2D eigenvalue weighted by Gasteiger charge is -2.06. The molecule has 0 aliphatic heterocycles. The molecule has 1 heterocycles. The first-order valence-corrected chi connectivity index (χ1v) is 3.71. The highest BCUT2D eigenvalue weighted by atomic mass is 32.1. The van der Waals surface area contributed by atoms with Gasteiger partial charge in [-0.1, -0.05) is 0 Å². The number of rotatable bonds is 2. The smallest absolute Gasteiger partial charge is 0.194 e. The van der Waals surface area contributed by atoms with Crippen LogP contribution in [-0.4, -0.2) is 21.9 Å². The summed E-state index contributed by atoms with van der Waals surface area (Å²) in [5.41, 5.74) is 0. The van der Waals surface area contributed by atoms with Crippen molar-refractivity contribution in [3.8, 4) is 0 Å². The molecule has 0 amide bonds. The van der Waals surface area contributed by atoms with Crippen LogP contribution in [0.1, 0.15) is 18.9 Å². The Hall–Kier alpha value is -0.680. The number of hydrogen-bond acceptors (Lipinski definition) is 3. The molecular weight excluding hydrogens is 162 g/mol. The molecule has 1 N–H and O–H groups in total. The van der Waals surface area contributed by atoms with Crippen LogP contribution in [-0.2, 0) is 11.8 Å². The molecule has 0 saturated carbocycles. The first-order chi connectivity index (χ1) is 5.16. The van der Waals surface area contributed by atoms with E-state index < -0.39 is 0 Å². The van der Waals surface area contributed by atoms with Crippen molar-refractivity contribution >= 4 is 12.2 Å². The van der Waals surface area contributed by atoms with Gasteiger partial charge in [0.2, 0.25) is 0 Å². The van der Waals surface area contributed by atoms with Crippen LogP contribution in [0.5, 0.6) is 0 Å². The fourth-order valence-corrected chi connectivity index (χ4v) is 0.967. The number of nitrogens with one attached hydrogen (secondary N) is 1. The highest BCUT2D eigenvalue weighted by Gasteiger charge is 2.09. The molecule has 0 bridgehead atoms. The zero-order valence-electron chi connectivity index (χ0n) is 6.79. The first-order valence-electron chi connectivity index (χ1n) is 3.31. The Balaban J connectivity index is 3.04. The molecule has 0 aliphatic carbocycles. The number of aromatic nitrogens is 3. The number of H-pyrrole nitrogens is 1. The summed E-state index contributed by atoms with van der Waals surface area (Å²) < 4.78 is 7.49. The number of hydrogen-bond donors (Lipinski definition) is 1. The second kappa shape index (κ2) is 3.15. The fraction of sp³-hybridized carbons (Fsp3) is 0.667. The Morgan fingerprint density at radius 3 is 2.73 bits per heavy atom. The lowest BCUT2D eigenvalue weighted by atomic mass is 10.4. The SMILES string of the molecule is COC(C)c1n[nH]c(=S)n1C. The van der Waals surface area contributed by atoms with E-state index in [1.54, 1.807) is 11.7 Å². The summed E-state index contributed by atoms with van der Waals surface area (Å²) in [6.07, 6.45) is -0.0204. The van der Waals surface area contributed by atoms with Gasteiger partial charge >= 0.3 is 0 Å². The van der Waals surface area contributed by atoms with Crippen LogP contribution >= 0.6 is 12.2 Å². The summed E-state index contributed by atoms with van der Waals surface area (Å²) in [5.74, 6) is 0.817. The van der Waals surface area contributed by atoms with Crippen LogP contribution in [0.15, 0.2) is 0 Å². The zero-order valence-corrected chi connectivity index (χ0v) is 7.60. The molecule has 0 radical (unpaired) electrons. The summed E-state index contributed by atoms with van der Waals surface area (Å²) >= 11 is 4.93. The highest BCUT2D eigenvalue weighted by Crippen LogP contribution is 2.10. The molecule has 1 aromatic rings. The van der Waals surface area contributed by atoms with Gasteiger partial charge in [-0.2, -0.15) is 5.10 Å². The van der Waals surface area contributed by atoms with Crippen molar-refractivity contribution in [1.82, 2.24) is 14.8 Å². The third-order valence-corrected chi connectivity index (χ3v) is 2.00. The minimum absolute atomic E-state index is 0.0204. The minimum atomic E-state index is -0.0204. The van der Waals surface area contributed by atoms with E-state index in [9.17, 15) is 0 Å². The standard InChI is InChI=1S/C6H11N3OS/c1-4(10-3)5-7-8-6(11)9(5)2/h4H,1-3H3,(H,8,11). The average Bonchev–Trinajstić information content (AvgIpc) is 2.32. The third-order valence-electron chi connectivity index (χ3n) is 1.63. The predicted octanol–water partition coefficient (Wildman–Crippen LogP) is 1.19. The van der Waals surface area contributed by atoms with E-state index in [1.807, 2.05) is 14.0 Å². The molecule has 1 atom stereocenters. The van der Waals surface area contributed by atoms with Crippen molar-refractivity contribution in [2.45, 2.75) is 13.0 Å². The molecule has 4 nitrogen and oxygen atoms in total. The average molecular weight is 173 g/mol.